The number of likely N-dealkylation sites (tertiary alicyclic amines) is 1. The van der Waals surface area contributed by atoms with Gasteiger partial charge in [-0.05, 0) is 37.6 Å². The molecule has 1 N–H and O–H groups in total. The summed E-state index contributed by atoms with van der Waals surface area (Å²) in [7, 11) is 0. The summed E-state index contributed by atoms with van der Waals surface area (Å²) in [5.41, 5.74) is 3.38. The van der Waals surface area contributed by atoms with Crippen LogP contribution in [0.3, 0.4) is 0 Å². The van der Waals surface area contributed by atoms with Crippen LogP contribution in [0.2, 0.25) is 0 Å². The van der Waals surface area contributed by atoms with Gasteiger partial charge in [-0.1, -0.05) is 35.9 Å². The Balaban J connectivity index is 1.52. The first kappa shape index (κ1) is 20.8. The Hall–Kier alpha value is -3.48. The Morgan fingerprint density at radius 3 is 2.52 bits per heavy atom. The normalized spacial score (nSPS) is 18.2. The molecule has 4 rings (SSSR count). The molecule has 7 nitrogen and oxygen atoms in total. The van der Waals surface area contributed by atoms with Crippen molar-refractivity contribution in [1.82, 2.24) is 20.4 Å². The van der Waals surface area contributed by atoms with E-state index in [2.05, 4.69) is 15.5 Å². The summed E-state index contributed by atoms with van der Waals surface area (Å²) in [5, 5.41) is 11.1. The number of amides is 2. The van der Waals surface area contributed by atoms with Crippen LogP contribution in [0.1, 0.15) is 49.5 Å². The van der Waals surface area contributed by atoms with Gasteiger partial charge < -0.3 is 14.6 Å². The highest BCUT2D eigenvalue weighted by molar-refractivity contribution is 5.96. The molecule has 3 aromatic rings. The number of aryl methyl sites for hydroxylation is 3. The lowest BCUT2D eigenvalue weighted by molar-refractivity contribution is 0.0785. The summed E-state index contributed by atoms with van der Waals surface area (Å²) in [6.07, 6.45) is 0. The van der Waals surface area contributed by atoms with Crippen LogP contribution in [0.5, 0.6) is 0 Å². The third-order valence-electron chi connectivity index (χ3n) is 5.76. The van der Waals surface area contributed by atoms with E-state index in [1.54, 1.807) is 19.1 Å². The summed E-state index contributed by atoms with van der Waals surface area (Å²) < 4.78 is 5.69. The number of carbonyl (C=O) groups excluding carboxylic acids is 2. The molecule has 1 fully saturated rings. The molecular weight excluding hydrogens is 392 g/mol. The van der Waals surface area contributed by atoms with Crippen molar-refractivity contribution in [2.24, 2.45) is 5.92 Å². The predicted octanol–water partition coefficient (Wildman–Crippen LogP) is 3.28. The summed E-state index contributed by atoms with van der Waals surface area (Å²) in [4.78, 5) is 27.6. The monoisotopic (exact) mass is 418 g/mol. The van der Waals surface area contributed by atoms with E-state index >= 15 is 0 Å². The van der Waals surface area contributed by atoms with E-state index in [0.29, 0.717) is 42.5 Å². The van der Waals surface area contributed by atoms with Crippen LogP contribution in [0.25, 0.3) is 0 Å². The van der Waals surface area contributed by atoms with Crippen LogP contribution < -0.4 is 5.32 Å². The van der Waals surface area contributed by atoms with Crippen LogP contribution in [-0.4, -0.2) is 46.5 Å². The number of benzene rings is 2. The van der Waals surface area contributed by atoms with E-state index in [0.717, 1.165) is 11.1 Å². The van der Waals surface area contributed by atoms with E-state index in [1.807, 2.05) is 55.1 Å². The van der Waals surface area contributed by atoms with Gasteiger partial charge in [0.2, 0.25) is 11.8 Å². The van der Waals surface area contributed by atoms with Crippen LogP contribution >= 0.6 is 0 Å². The molecule has 2 aromatic carbocycles. The molecule has 0 aliphatic carbocycles. The lowest BCUT2D eigenvalue weighted by Crippen LogP contribution is -2.33. The van der Waals surface area contributed by atoms with Gasteiger partial charge in [0.25, 0.3) is 11.8 Å². The predicted molar refractivity (Wildman–Crippen MR) is 116 cm³/mol. The lowest BCUT2D eigenvalue weighted by atomic mass is 9.96. The highest BCUT2D eigenvalue weighted by Crippen LogP contribution is 2.33. The SMILES string of the molecule is Cc1ccc(C(=O)N2C[C@H](CNC(=O)c3ccccc3)[C@@H](c3nnc(C)o3)C2)c(C)c1. The van der Waals surface area contributed by atoms with E-state index in [9.17, 15) is 9.59 Å². The molecule has 160 valence electrons. The number of nitrogens with one attached hydrogen (secondary N) is 1. The summed E-state index contributed by atoms with van der Waals surface area (Å²) >= 11 is 0. The zero-order chi connectivity index (χ0) is 22.0. The molecule has 1 saturated heterocycles. The molecule has 1 aromatic heterocycles. The molecule has 2 amide bonds. The maximum atomic E-state index is 13.2. The topological polar surface area (TPSA) is 88.3 Å². The number of rotatable bonds is 5. The molecule has 0 unspecified atom stereocenters. The fourth-order valence-electron chi connectivity index (χ4n) is 4.12. The van der Waals surface area contributed by atoms with Gasteiger partial charge in [0, 0.05) is 43.6 Å². The third-order valence-corrected chi connectivity index (χ3v) is 5.76. The highest BCUT2D eigenvalue weighted by atomic mass is 16.4. The van der Waals surface area contributed by atoms with Gasteiger partial charge in [-0.2, -0.15) is 0 Å². The van der Waals surface area contributed by atoms with Crippen molar-refractivity contribution in [2.75, 3.05) is 19.6 Å². The van der Waals surface area contributed by atoms with Gasteiger partial charge in [-0.15, -0.1) is 10.2 Å². The van der Waals surface area contributed by atoms with E-state index < -0.39 is 0 Å². The Labute approximate surface area is 181 Å². The molecule has 31 heavy (non-hydrogen) atoms. The minimum Gasteiger partial charge on any atom is -0.425 e. The fraction of sp³-hybridized carbons (Fsp3) is 0.333. The second-order valence-electron chi connectivity index (χ2n) is 8.13. The summed E-state index contributed by atoms with van der Waals surface area (Å²) in [6, 6.07) is 14.9. The first-order chi connectivity index (χ1) is 14.9. The van der Waals surface area contributed by atoms with Crippen LogP contribution in [0.4, 0.5) is 0 Å². The minimum absolute atomic E-state index is 0.0179. The van der Waals surface area contributed by atoms with E-state index in [1.165, 1.54) is 0 Å². The van der Waals surface area contributed by atoms with Crippen molar-refractivity contribution in [1.29, 1.82) is 0 Å². The van der Waals surface area contributed by atoms with Gasteiger partial charge in [0.15, 0.2) is 0 Å². The van der Waals surface area contributed by atoms with Gasteiger partial charge in [0.05, 0.1) is 5.92 Å². The molecule has 0 spiro atoms. The van der Waals surface area contributed by atoms with Crippen LogP contribution in [0.15, 0.2) is 52.9 Å². The molecular formula is C24H26N4O3. The maximum Gasteiger partial charge on any atom is 0.254 e. The van der Waals surface area contributed by atoms with Crippen molar-refractivity contribution in [3.05, 3.63) is 82.6 Å². The minimum atomic E-state index is -0.139. The molecule has 0 radical (unpaired) electrons. The molecule has 7 heteroatoms. The lowest BCUT2D eigenvalue weighted by Gasteiger charge is -2.18. The Kier molecular flexibility index (Phi) is 5.84. The molecule has 2 atom stereocenters. The zero-order valence-corrected chi connectivity index (χ0v) is 18.0. The Morgan fingerprint density at radius 1 is 1.06 bits per heavy atom. The average molecular weight is 418 g/mol. The van der Waals surface area contributed by atoms with E-state index in [4.69, 9.17) is 4.42 Å². The van der Waals surface area contributed by atoms with Gasteiger partial charge >= 0.3 is 0 Å². The second-order valence-corrected chi connectivity index (χ2v) is 8.13. The van der Waals surface area contributed by atoms with E-state index in [-0.39, 0.29) is 23.7 Å². The molecule has 0 saturated carbocycles. The fourth-order valence-corrected chi connectivity index (χ4v) is 4.12. The quantitative estimate of drug-likeness (QED) is 0.687. The summed E-state index contributed by atoms with van der Waals surface area (Å²) in [5.74, 6) is 0.679. The smallest absolute Gasteiger partial charge is 0.254 e. The molecule has 1 aliphatic rings. The second kappa shape index (κ2) is 8.71. The number of carbonyl (C=O) groups is 2. The average Bonchev–Trinajstić information content (AvgIpc) is 3.38. The van der Waals surface area contributed by atoms with Crippen molar-refractivity contribution >= 4 is 11.8 Å². The molecule has 1 aliphatic heterocycles. The first-order valence-electron chi connectivity index (χ1n) is 10.4. The summed E-state index contributed by atoms with van der Waals surface area (Å²) in [6.45, 7) is 7.10. The standard InChI is InChI=1S/C24H26N4O3/c1-15-9-10-20(16(2)11-15)24(30)28-13-19(21(14-28)23-27-26-17(3)31-23)12-25-22(29)18-7-5-4-6-8-18/h4-11,19,21H,12-14H2,1-3H3,(H,25,29)/t19-,21-/m0/s1. The first-order valence-corrected chi connectivity index (χ1v) is 10.4. The number of nitrogens with zero attached hydrogens (tertiary/aromatic N) is 3. The number of hydrogen-bond acceptors (Lipinski definition) is 5. The van der Waals surface area contributed by atoms with Gasteiger partial charge in [-0.25, -0.2) is 0 Å². The number of hydrogen-bond donors (Lipinski definition) is 1. The number of aromatic nitrogens is 2. The molecule has 0 bridgehead atoms. The largest absolute Gasteiger partial charge is 0.425 e. The Bertz CT molecular complexity index is 1090. The van der Waals surface area contributed by atoms with Crippen molar-refractivity contribution in [3.63, 3.8) is 0 Å². The van der Waals surface area contributed by atoms with Crippen molar-refractivity contribution in [2.45, 2.75) is 26.7 Å². The third kappa shape index (κ3) is 4.50. The van der Waals surface area contributed by atoms with Gasteiger partial charge in [0.1, 0.15) is 0 Å². The molecule has 2 heterocycles. The van der Waals surface area contributed by atoms with Crippen LogP contribution in [-0.2, 0) is 0 Å². The zero-order valence-electron chi connectivity index (χ0n) is 18.0. The van der Waals surface area contributed by atoms with Crippen LogP contribution in [0, 0.1) is 26.7 Å². The highest BCUT2D eigenvalue weighted by Gasteiger charge is 2.39. The Morgan fingerprint density at radius 2 is 1.84 bits per heavy atom. The maximum absolute atomic E-state index is 13.2. The van der Waals surface area contributed by atoms with Crippen molar-refractivity contribution < 1.29 is 14.0 Å². The van der Waals surface area contributed by atoms with Gasteiger partial charge in [-0.3, -0.25) is 9.59 Å². The van der Waals surface area contributed by atoms with Crippen molar-refractivity contribution in [3.8, 4) is 0 Å².